The number of nitrogens with zero attached hydrogens (tertiary/aromatic N) is 1. The first-order chi connectivity index (χ1) is 9.38. The summed E-state index contributed by atoms with van der Waals surface area (Å²) in [6.07, 6.45) is 8.28. The summed E-state index contributed by atoms with van der Waals surface area (Å²) in [6.45, 7) is 2.62. The van der Waals surface area contributed by atoms with Crippen molar-refractivity contribution in [1.29, 1.82) is 0 Å². The van der Waals surface area contributed by atoms with Crippen molar-refractivity contribution in [3.8, 4) is 5.75 Å². The zero-order valence-electron chi connectivity index (χ0n) is 12.0. The van der Waals surface area contributed by atoms with E-state index in [2.05, 4.69) is 29.2 Å². The predicted octanol–water partition coefficient (Wildman–Crippen LogP) is 3.82. The van der Waals surface area contributed by atoms with Crippen LogP contribution in [-0.4, -0.2) is 31.1 Å². The number of rotatable bonds is 3. The molecule has 2 heteroatoms. The molecule has 1 aliphatic heterocycles. The summed E-state index contributed by atoms with van der Waals surface area (Å²) in [5.41, 5.74) is 1.48. The Balaban J connectivity index is 1.82. The summed E-state index contributed by atoms with van der Waals surface area (Å²) >= 11 is 0. The number of benzene rings is 1. The van der Waals surface area contributed by atoms with Gasteiger partial charge in [0.2, 0.25) is 0 Å². The first kappa shape index (κ1) is 13.0. The van der Waals surface area contributed by atoms with Crippen LogP contribution >= 0.6 is 0 Å². The van der Waals surface area contributed by atoms with Crippen molar-refractivity contribution in [3.05, 3.63) is 29.8 Å². The number of hydrogen-bond donors (Lipinski definition) is 0. The van der Waals surface area contributed by atoms with Crippen molar-refractivity contribution in [1.82, 2.24) is 4.90 Å². The second-order valence-electron chi connectivity index (χ2n) is 5.98. The first-order valence-electron chi connectivity index (χ1n) is 7.76. The fourth-order valence-electron chi connectivity index (χ4n) is 3.88. The molecule has 2 nitrogen and oxygen atoms in total. The molecule has 2 aliphatic rings. The topological polar surface area (TPSA) is 12.5 Å². The van der Waals surface area contributed by atoms with Crippen molar-refractivity contribution in [2.24, 2.45) is 0 Å². The van der Waals surface area contributed by atoms with Crippen LogP contribution in [0.4, 0.5) is 0 Å². The standard InChI is InChI=1S/C17H25NO/c1-19-15-8-6-7-14(13-15)16-9-2-3-10-17(16)18-11-4-5-12-18/h6-8,13,16-17H,2-5,9-12H2,1H3/t16-,17-/m1/s1. The Morgan fingerprint density at radius 1 is 1.05 bits per heavy atom. The Morgan fingerprint density at radius 3 is 2.63 bits per heavy atom. The van der Waals surface area contributed by atoms with Crippen LogP contribution in [0.25, 0.3) is 0 Å². The van der Waals surface area contributed by atoms with E-state index in [0.717, 1.165) is 11.8 Å². The minimum Gasteiger partial charge on any atom is -0.497 e. The van der Waals surface area contributed by atoms with E-state index >= 15 is 0 Å². The van der Waals surface area contributed by atoms with E-state index in [1.54, 1.807) is 7.11 Å². The summed E-state index contributed by atoms with van der Waals surface area (Å²) < 4.78 is 5.39. The normalized spacial score (nSPS) is 28.5. The van der Waals surface area contributed by atoms with Gasteiger partial charge in [0.15, 0.2) is 0 Å². The molecule has 2 fully saturated rings. The molecule has 0 radical (unpaired) electrons. The van der Waals surface area contributed by atoms with Crippen LogP contribution in [0.15, 0.2) is 24.3 Å². The Bertz CT molecular complexity index is 411. The second-order valence-corrected chi connectivity index (χ2v) is 5.98. The van der Waals surface area contributed by atoms with E-state index in [4.69, 9.17) is 4.74 Å². The molecule has 1 aromatic rings. The van der Waals surface area contributed by atoms with E-state index < -0.39 is 0 Å². The molecule has 104 valence electrons. The van der Waals surface area contributed by atoms with Gasteiger partial charge in [0.1, 0.15) is 5.75 Å². The quantitative estimate of drug-likeness (QED) is 0.818. The molecule has 0 unspecified atom stereocenters. The number of likely N-dealkylation sites (tertiary alicyclic amines) is 1. The van der Waals surface area contributed by atoms with Gasteiger partial charge >= 0.3 is 0 Å². The third-order valence-electron chi connectivity index (χ3n) is 4.86. The molecule has 0 spiro atoms. The molecule has 1 saturated heterocycles. The maximum Gasteiger partial charge on any atom is 0.119 e. The molecule has 3 rings (SSSR count). The molecule has 0 bridgehead atoms. The summed E-state index contributed by atoms with van der Waals surface area (Å²) in [5.74, 6) is 1.71. The van der Waals surface area contributed by atoms with Gasteiger partial charge in [-0.15, -0.1) is 0 Å². The van der Waals surface area contributed by atoms with Crippen LogP contribution in [0.2, 0.25) is 0 Å². The number of methoxy groups -OCH3 is 1. The van der Waals surface area contributed by atoms with Gasteiger partial charge in [-0.05, 0) is 62.4 Å². The van der Waals surface area contributed by atoms with Gasteiger partial charge in [-0.2, -0.15) is 0 Å². The van der Waals surface area contributed by atoms with Gasteiger partial charge in [0.25, 0.3) is 0 Å². The Kier molecular flexibility index (Phi) is 4.07. The number of hydrogen-bond acceptors (Lipinski definition) is 2. The fourth-order valence-corrected chi connectivity index (χ4v) is 3.88. The largest absolute Gasteiger partial charge is 0.497 e. The maximum absolute atomic E-state index is 5.39. The Hall–Kier alpha value is -1.02. The smallest absolute Gasteiger partial charge is 0.119 e. The van der Waals surface area contributed by atoms with E-state index in [1.165, 1.54) is 57.2 Å². The van der Waals surface area contributed by atoms with E-state index in [0.29, 0.717) is 5.92 Å². The third kappa shape index (κ3) is 2.79. The zero-order valence-corrected chi connectivity index (χ0v) is 12.0. The van der Waals surface area contributed by atoms with Crippen molar-refractivity contribution in [2.75, 3.05) is 20.2 Å². The summed E-state index contributed by atoms with van der Waals surface area (Å²) in [7, 11) is 1.76. The van der Waals surface area contributed by atoms with Gasteiger partial charge in [0.05, 0.1) is 7.11 Å². The lowest BCUT2D eigenvalue weighted by Crippen LogP contribution is -2.39. The van der Waals surface area contributed by atoms with Crippen molar-refractivity contribution >= 4 is 0 Å². The van der Waals surface area contributed by atoms with Crippen LogP contribution < -0.4 is 4.74 Å². The second kappa shape index (κ2) is 5.96. The van der Waals surface area contributed by atoms with Gasteiger partial charge in [-0.1, -0.05) is 25.0 Å². The van der Waals surface area contributed by atoms with Gasteiger partial charge in [0, 0.05) is 6.04 Å². The van der Waals surface area contributed by atoms with Crippen LogP contribution in [-0.2, 0) is 0 Å². The predicted molar refractivity (Wildman–Crippen MR) is 78.8 cm³/mol. The third-order valence-corrected chi connectivity index (χ3v) is 4.86. The first-order valence-corrected chi connectivity index (χ1v) is 7.76. The van der Waals surface area contributed by atoms with Crippen LogP contribution in [0.5, 0.6) is 5.75 Å². The molecular weight excluding hydrogens is 234 g/mol. The molecule has 1 saturated carbocycles. The summed E-state index contributed by atoms with van der Waals surface area (Å²) in [6, 6.07) is 9.50. The fraction of sp³-hybridized carbons (Fsp3) is 0.647. The lowest BCUT2D eigenvalue weighted by molar-refractivity contribution is 0.166. The van der Waals surface area contributed by atoms with Crippen LogP contribution in [0, 0.1) is 0 Å². The highest BCUT2D eigenvalue weighted by Crippen LogP contribution is 2.38. The lowest BCUT2D eigenvalue weighted by atomic mass is 9.79. The molecule has 0 aromatic heterocycles. The number of ether oxygens (including phenoxy) is 1. The van der Waals surface area contributed by atoms with Gasteiger partial charge in [-0.3, -0.25) is 4.90 Å². The molecule has 0 N–H and O–H groups in total. The highest BCUT2D eigenvalue weighted by molar-refractivity contribution is 5.32. The van der Waals surface area contributed by atoms with E-state index in [1.807, 2.05) is 0 Å². The van der Waals surface area contributed by atoms with E-state index in [9.17, 15) is 0 Å². The summed E-state index contributed by atoms with van der Waals surface area (Å²) in [5, 5.41) is 0. The van der Waals surface area contributed by atoms with Crippen molar-refractivity contribution < 1.29 is 4.74 Å². The highest BCUT2D eigenvalue weighted by atomic mass is 16.5. The molecule has 1 heterocycles. The van der Waals surface area contributed by atoms with Crippen molar-refractivity contribution in [2.45, 2.75) is 50.5 Å². The minimum atomic E-state index is 0.710. The molecule has 1 aromatic carbocycles. The Labute approximate surface area is 116 Å². The van der Waals surface area contributed by atoms with Crippen LogP contribution in [0.3, 0.4) is 0 Å². The molecule has 19 heavy (non-hydrogen) atoms. The average molecular weight is 259 g/mol. The lowest BCUT2D eigenvalue weighted by Gasteiger charge is -2.38. The molecular formula is C17H25NO. The maximum atomic E-state index is 5.39. The summed E-state index contributed by atoms with van der Waals surface area (Å²) in [4.78, 5) is 2.74. The van der Waals surface area contributed by atoms with Crippen LogP contribution in [0.1, 0.15) is 50.0 Å². The molecule has 2 atom stereocenters. The minimum absolute atomic E-state index is 0.710. The zero-order chi connectivity index (χ0) is 13.1. The molecule has 0 amide bonds. The average Bonchev–Trinajstić information content (AvgIpc) is 3.01. The van der Waals surface area contributed by atoms with Gasteiger partial charge in [-0.25, -0.2) is 0 Å². The highest BCUT2D eigenvalue weighted by Gasteiger charge is 2.32. The monoisotopic (exact) mass is 259 g/mol. The SMILES string of the molecule is COc1cccc([C@H]2CCCC[C@H]2N2CCCC2)c1. The molecule has 1 aliphatic carbocycles. The van der Waals surface area contributed by atoms with Crippen molar-refractivity contribution in [3.63, 3.8) is 0 Å². The Morgan fingerprint density at radius 2 is 1.84 bits per heavy atom. The van der Waals surface area contributed by atoms with E-state index in [-0.39, 0.29) is 0 Å². The van der Waals surface area contributed by atoms with Gasteiger partial charge < -0.3 is 4.74 Å².